The van der Waals surface area contributed by atoms with Crippen molar-refractivity contribution in [3.05, 3.63) is 73.3 Å². The molecular weight excluding hydrogens is 579 g/mol. The highest BCUT2D eigenvalue weighted by atomic mass is 79.9. The van der Waals surface area contributed by atoms with Gasteiger partial charge >= 0.3 is 0 Å². The summed E-state index contributed by atoms with van der Waals surface area (Å²) in [5, 5.41) is 16.0. The second-order valence-corrected chi connectivity index (χ2v) is 8.77. The van der Waals surface area contributed by atoms with Gasteiger partial charge in [-0.15, -0.1) is 0 Å². The molecule has 1 heterocycles. The maximum absolute atomic E-state index is 12.1. The van der Waals surface area contributed by atoms with Gasteiger partial charge in [0.25, 0.3) is 0 Å². The predicted octanol–water partition coefficient (Wildman–Crippen LogP) is 7.01. The van der Waals surface area contributed by atoms with Crippen LogP contribution >= 0.6 is 67.3 Å². The number of phenolic OH excluding ortho intramolecular Hbond substituents is 1. The van der Waals surface area contributed by atoms with E-state index in [4.69, 9.17) is 39.8 Å². The maximum Gasteiger partial charge on any atom is 0.250 e. The number of furan rings is 1. The molecule has 10 heteroatoms. The van der Waals surface area contributed by atoms with Gasteiger partial charge in [-0.1, -0.05) is 29.3 Å². The highest BCUT2D eigenvalue weighted by Crippen LogP contribution is 2.35. The van der Waals surface area contributed by atoms with Gasteiger partial charge in [0, 0.05) is 17.3 Å². The third kappa shape index (κ3) is 5.65. The Morgan fingerprint density at radius 3 is 2.53 bits per heavy atom. The van der Waals surface area contributed by atoms with Gasteiger partial charge in [0.15, 0.2) is 5.11 Å². The molecule has 154 valence electrons. The molecule has 0 aliphatic carbocycles. The highest BCUT2D eigenvalue weighted by molar-refractivity contribution is 9.11. The van der Waals surface area contributed by atoms with Crippen LogP contribution in [0, 0.1) is 0 Å². The number of carbonyl (C=O) groups excluding carboxylic acids is 1. The average Bonchev–Trinajstić information content (AvgIpc) is 3.15. The Bertz CT molecular complexity index is 1140. The lowest BCUT2D eigenvalue weighted by atomic mass is 10.2. The van der Waals surface area contributed by atoms with Crippen molar-refractivity contribution < 1.29 is 14.3 Å². The SMILES string of the molecule is O=C(C=Cc1ccc(-c2cccc(Cl)c2Cl)o1)NC(=S)Nc1cc(Br)c(O)c(Br)c1. The van der Waals surface area contributed by atoms with E-state index in [1.54, 1.807) is 42.5 Å². The van der Waals surface area contributed by atoms with Gasteiger partial charge in [0.1, 0.15) is 17.3 Å². The van der Waals surface area contributed by atoms with Crippen molar-refractivity contribution in [2.24, 2.45) is 0 Å². The highest BCUT2D eigenvalue weighted by Gasteiger charge is 2.11. The minimum absolute atomic E-state index is 0.0651. The lowest BCUT2D eigenvalue weighted by Gasteiger charge is -2.10. The first-order valence-electron chi connectivity index (χ1n) is 8.27. The van der Waals surface area contributed by atoms with Gasteiger partial charge in [-0.3, -0.25) is 10.1 Å². The summed E-state index contributed by atoms with van der Waals surface area (Å²) >= 11 is 23.8. The van der Waals surface area contributed by atoms with Crippen molar-refractivity contribution in [2.45, 2.75) is 0 Å². The molecule has 0 aliphatic heterocycles. The standard InChI is InChI=1S/C20H12Br2Cl2N2O3S/c21-13-8-10(9-14(22)19(13)28)25-20(30)26-17(27)7-5-11-4-6-16(29-11)12-2-1-3-15(23)18(12)24/h1-9,28H,(H2,25,26,27,30). The van der Waals surface area contributed by atoms with Gasteiger partial charge in [-0.05, 0) is 86.6 Å². The summed E-state index contributed by atoms with van der Waals surface area (Å²) in [6, 6.07) is 11.9. The van der Waals surface area contributed by atoms with Crippen LogP contribution in [-0.4, -0.2) is 16.1 Å². The Morgan fingerprint density at radius 2 is 1.83 bits per heavy atom. The zero-order valence-corrected chi connectivity index (χ0v) is 20.4. The molecule has 0 radical (unpaired) electrons. The largest absolute Gasteiger partial charge is 0.506 e. The van der Waals surface area contributed by atoms with Gasteiger partial charge < -0.3 is 14.8 Å². The van der Waals surface area contributed by atoms with Crippen LogP contribution < -0.4 is 10.6 Å². The predicted molar refractivity (Wildman–Crippen MR) is 131 cm³/mol. The Morgan fingerprint density at radius 1 is 1.13 bits per heavy atom. The number of rotatable bonds is 4. The molecule has 0 saturated heterocycles. The summed E-state index contributed by atoms with van der Waals surface area (Å²) in [6.45, 7) is 0. The van der Waals surface area contributed by atoms with Crippen molar-refractivity contribution in [1.82, 2.24) is 5.32 Å². The second-order valence-electron chi connectivity index (χ2n) is 5.87. The third-order valence-electron chi connectivity index (χ3n) is 3.75. The third-order valence-corrected chi connectivity index (χ3v) is 5.99. The summed E-state index contributed by atoms with van der Waals surface area (Å²) in [7, 11) is 0. The molecule has 3 aromatic rings. The zero-order valence-electron chi connectivity index (χ0n) is 14.9. The smallest absolute Gasteiger partial charge is 0.250 e. The van der Waals surface area contributed by atoms with E-state index in [-0.39, 0.29) is 10.9 Å². The van der Waals surface area contributed by atoms with Crippen molar-refractivity contribution >= 4 is 90.1 Å². The molecule has 0 unspecified atom stereocenters. The van der Waals surface area contributed by atoms with Gasteiger partial charge in [0.2, 0.25) is 5.91 Å². The quantitative estimate of drug-likeness (QED) is 0.173. The minimum atomic E-state index is -0.442. The van der Waals surface area contributed by atoms with Crippen molar-refractivity contribution in [3.63, 3.8) is 0 Å². The molecule has 0 spiro atoms. The van der Waals surface area contributed by atoms with Crippen LogP contribution in [0.15, 0.2) is 61.9 Å². The number of benzene rings is 2. The Labute approximate surface area is 204 Å². The van der Waals surface area contributed by atoms with Crippen LogP contribution in [0.3, 0.4) is 0 Å². The van der Waals surface area contributed by atoms with E-state index in [0.717, 1.165) is 0 Å². The fourth-order valence-electron chi connectivity index (χ4n) is 2.39. The number of hydrogen-bond donors (Lipinski definition) is 3. The number of hydrogen-bond acceptors (Lipinski definition) is 4. The normalized spacial score (nSPS) is 10.9. The topological polar surface area (TPSA) is 74.5 Å². The molecule has 0 saturated carbocycles. The van der Waals surface area contributed by atoms with Crippen LogP contribution in [0.2, 0.25) is 10.0 Å². The van der Waals surface area contributed by atoms with E-state index in [0.29, 0.717) is 41.8 Å². The van der Waals surface area contributed by atoms with Crippen LogP contribution in [0.25, 0.3) is 17.4 Å². The van der Waals surface area contributed by atoms with Crippen LogP contribution in [0.1, 0.15) is 5.76 Å². The average molecular weight is 591 g/mol. The van der Waals surface area contributed by atoms with Gasteiger partial charge in [-0.25, -0.2) is 0 Å². The number of anilines is 1. The molecule has 1 amide bonds. The number of thiocarbonyl (C=S) groups is 1. The number of amides is 1. The number of carbonyl (C=O) groups is 1. The van der Waals surface area contributed by atoms with Crippen LogP contribution in [-0.2, 0) is 4.79 Å². The Kier molecular flexibility index (Phi) is 7.60. The summed E-state index contributed by atoms with van der Waals surface area (Å²) in [4.78, 5) is 12.1. The second kappa shape index (κ2) is 9.98. The summed E-state index contributed by atoms with van der Waals surface area (Å²) < 4.78 is 6.65. The van der Waals surface area contributed by atoms with E-state index < -0.39 is 5.91 Å². The molecule has 0 bridgehead atoms. The molecular formula is C20H12Br2Cl2N2O3S. The number of phenols is 1. The maximum atomic E-state index is 12.1. The lowest BCUT2D eigenvalue weighted by Crippen LogP contribution is -2.32. The molecule has 0 aliphatic rings. The molecule has 1 aromatic heterocycles. The van der Waals surface area contributed by atoms with Gasteiger partial charge in [-0.2, -0.15) is 0 Å². The summed E-state index contributed by atoms with van der Waals surface area (Å²) in [5.41, 5.74) is 1.24. The summed E-state index contributed by atoms with van der Waals surface area (Å²) in [6.07, 6.45) is 2.80. The van der Waals surface area contributed by atoms with E-state index in [2.05, 4.69) is 42.5 Å². The molecule has 5 nitrogen and oxygen atoms in total. The molecule has 0 fully saturated rings. The fourth-order valence-corrected chi connectivity index (χ4v) is 4.19. The van der Waals surface area contributed by atoms with Crippen LogP contribution in [0.5, 0.6) is 5.75 Å². The van der Waals surface area contributed by atoms with E-state index in [9.17, 15) is 9.90 Å². The van der Waals surface area contributed by atoms with E-state index >= 15 is 0 Å². The monoisotopic (exact) mass is 588 g/mol. The molecule has 0 atom stereocenters. The van der Waals surface area contributed by atoms with Crippen molar-refractivity contribution in [2.75, 3.05) is 5.32 Å². The first-order chi connectivity index (χ1) is 14.2. The number of nitrogens with one attached hydrogen (secondary N) is 2. The Balaban J connectivity index is 1.62. The summed E-state index contributed by atoms with van der Waals surface area (Å²) in [5.74, 6) is 0.614. The van der Waals surface area contributed by atoms with Gasteiger partial charge in [0.05, 0.1) is 19.0 Å². The number of halogens is 4. The Hall–Kier alpha value is -1.84. The first kappa shape index (κ1) is 22.8. The first-order valence-corrected chi connectivity index (χ1v) is 11.0. The van der Waals surface area contributed by atoms with E-state index in [1.165, 1.54) is 12.2 Å². The molecule has 30 heavy (non-hydrogen) atoms. The zero-order chi connectivity index (χ0) is 21.8. The molecule has 3 N–H and O–H groups in total. The molecule has 2 aromatic carbocycles. The minimum Gasteiger partial charge on any atom is -0.506 e. The fraction of sp³-hybridized carbons (Fsp3) is 0. The molecule has 3 rings (SSSR count). The van der Waals surface area contributed by atoms with E-state index in [1.807, 2.05) is 0 Å². The van der Waals surface area contributed by atoms with Crippen molar-refractivity contribution in [3.8, 4) is 17.1 Å². The number of aromatic hydroxyl groups is 1. The van der Waals surface area contributed by atoms with Crippen molar-refractivity contribution in [1.29, 1.82) is 0 Å². The van der Waals surface area contributed by atoms with Crippen LogP contribution in [0.4, 0.5) is 5.69 Å². The lowest BCUT2D eigenvalue weighted by molar-refractivity contribution is -0.115.